The van der Waals surface area contributed by atoms with Crippen LogP contribution >= 0.6 is 0 Å². The largest absolute Gasteiger partial charge is 0.494 e. The van der Waals surface area contributed by atoms with Crippen molar-refractivity contribution in [2.45, 2.75) is 19.4 Å². The minimum absolute atomic E-state index is 0.0236. The Balaban J connectivity index is 1.95. The van der Waals surface area contributed by atoms with E-state index in [1.54, 1.807) is 12.1 Å². The summed E-state index contributed by atoms with van der Waals surface area (Å²) in [5, 5.41) is 12.0. The second-order valence-electron chi connectivity index (χ2n) is 6.86. The van der Waals surface area contributed by atoms with Gasteiger partial charge in [-0.15, -0.1) is 0 Å². The molecule has 0 spiro atoms. The molecule has 0 aliphatic rings. The lowest BCUT2D eigenvalue weighted by Crippen LogP contribution is -2.31. The van der Waals surface area contributed by atoms with E-state index in [0.29, 0.717) is 5.56 Å². The molecule has 0 bridgehead atoms. The fourth-order valence-electron chi connectivity index (χ4n) is 3.21. The molecule has 0 radical (unpaired) electrons. The van der Waals surface area contributed by atoms with Gasteiger partial charge < -0.3 is 15.2 Å². The number of ether oxygens (including phenoxy) is 1. The Morgan fingerprint density at radius 3 is 2.48 bits per heavy atom. The van der Waals surface area contributed by atoms with E-state index in [1.165, 1.54) is 25.3 Å². The number of halogens is 2. The molecule has 31 heavy (non-hydrogen) atoms. The zero-order valence-corrected chi connectivity index (χ0v) is 16.9. The molecule has 2 N–H and O–H groups in total. The van der Waals surface area contributed by atoms with Crippen LogP contribution in [0.25, 0.3) is 11.3 Å². The van der Waals surface area contributed by atoms with Crippen LogP contribution in [0, 0.1) is 18.6 Å². The van der Waals surface area contributed by atoms with Crippen molar-refractivity contribution in [2.75, 3.05) is 7.11 Å². The zero-order chi connectivity index (χ0) is 22.5. The Morgan fingerprint density at radius 2 is 1.84 bits per heavy atom. The summed E-state index contributed by atoms with van der Waals surface area (Å²) in [6.07, 6.45) is -0.317. The number of nitrogens with one attached hydrogen (secondary N) is 1. The molecule has 0 saturated heterocycles. The summed E-state index contributed by atoms with van der Waals surface area (Å²) in [6.45, 7) is 1.82. The quantitative estimate of drug-likeness (QED) is 0.588. The predicted molar refractivity (Wildman–Crippen MR) is 110 cm³/mol. The SMILES string of the molecule is COc1ccc(C(=O)NC(CC(=O)O)c2ccccc2C)nc1-c1ccc(F)c(F)c1. The van der Waals surface area contributed by atoms with Crippen LogP contribution in [0.5, 0.6) is 5.75 Å². The van der Waals surface area contributed by atoms with E-state index in [0.717, 1.165) is 17.7 Å². The summed E-state index contributed by atoms with van der Waals surface area (Å²) in [6, 6.07) is 12.5. The maximum absolute atomic E-state index is 13.7. The molecule has 1 atom stereocenters. The molecule has 3 aromatic rings. The summed E-state index contributed by atoms with van der Waals surface area (Å²) in [7, 11) is 1.39. The third-order valence-electron chi connectivity index (χ3n) is 4.75. The second kappa shape index (κ2) is 9.34. The van der Waals surface area contributed by atoms with Gasteiger partial charge in [0.1, 0.15) is 17.1 Å². The van der Waals surface area contributed by atoms with Gasteiger partial charge in [0.25, 0.3) is 5.91 Å². The van der Waals surface area contributed by atoms with E-state index >= 15 is 0 Å². The average Bonchev–Trinajstić information content (AvgIpc) is 2.74. The maximum Gasteiger partial charge on any atom is 0.305 e. The van der Waals surface area contributed by atoms with Gasteiger partial charge in [0.15, 0.2) is 11.6 Å². The average molecular weight is 426 g/mol. The van der Waals surface area contributed by atoms with Gasteiger partial charge in [-0.3, -0.25) is 9.59 Å². The number of carbonyl (C=O) groups is 2. The lowest BCUT2D eigenvalue weighted by Gasteiger charge is -2.19. The Morgan fingerprint density at radius 1 is 1.10 bits per heavy atom. The van der Waals surface area contributed by atoms with E-state index in [-0.39, 0.29) is 29.1 Å². The van der Waals surface area contributed by atoms with Gasteiger partial charge in [-0.2, -0.15) is 0 Å². The number of aromatic nitrogens is 1. The number of aryl methyl sites for hydroxylation is 1. The number of benzene rings is 2. The van der Waals surface area contributed by atoms with Crippen molar-refractivity contribution < 1.29 is 28.2 Å². The molecule has 2 aromatic carbocycles. The van der Waals surface area contributed by atoms with E-state index in [4.69, 9.17) is 4.74 Å². The van der Waals surface area contributed by atoms with Crippen molar-refractivity contribution in [2.24, 2.45) is 0 Å². The predicted octanol–water partition coefficient (Wildman–Crippen LogP) is 4.29. The summed E-state index contributed by atoms with van der Waals surface area (Å²) in [4.78, 5) is 28.5. The van der Waals surface area contributed by atoms with Crippen LogP contribution in [-0.2, 0) is 4.79 Å². The van der Waals surface area contributed by atoms with Gasteiger partial charge in [-0.25, -0.2) is 13.8 Å². The third kappa shape index (κ3) is 5.03. The molecule has 8 heteroatoms. The molecule has 3 rings (SSSR count). The Kier molecular flexibility index (Phi) is 6.59. The van der Waals surface area contributed by atoms with Crippen molar-refractivity contribution in [3.63, 3.8) is 0 Å². The first-order valence-electron chi connectivity index (χ1n) is 9.38. The number of carboxylic acids is 1. The van der Waals surface area contributed by atoms with Crippen molar-refractivity contribution in [1.29, 1.82) is 0 Å². The highest BCUT2D eigenvalue weighted by atomic mass is 19.2. The molecular formula is C23H20F2N2O4. The highest BCUT2D eigenvalue weighted by molar-refractivity contribution is 5.93. The van der Waals surface area contributed by atoms with Gasteiger partial charge in [0.05, 0.1) is 19.6 Å². The van der Waals surface area contributed by atoms with E-state index < -0.39 is 29.6 Å². The van der Waals surface area contributed by atoms with Crippen molar-refractivity contribution >= 4 is 11.9 Å². The van der Waals surface area contributed by atoms with E-state index in [1.807, 2.05) is 19.1 Å². The summed E-state index contributed by atoms with van der Waals surface area (Å²) < 4.78 is 32.2. The summed E-state index contributed by atoms with van der Waals surface area (Å²) in [5.74, 6) is -3.48. The number of nitrogens with zero attached hydrogens (tertiary/aromatic N) is 1. The Bertz CT molecular complexity index is 1130. The first-order chi connectivity index (χ1) is 14.8. The molecule has 1 heterocycles. The van der Waals surface area contributed by atoms with Gasteiger partial charge in [-0.1, -0.05) is 24.3 Å². The van der Waals surface area contributed by atoms with Gasteiger partial charge in [-0.05, 0) is 48.4 Å². The summed E-state index contributed by atoms with van der Waals surface area (Å²) >= 11 is 0. The normalized spacial score (nSPS) is 11.6. The highest BCUT2D eigenvalue weighted by Gasteiger charge is 2.22. The minimum atomic E-state index is -1.07. The van der Waals surface area contributed by atoms with Crippen LogP contribution in [0.4, 0.5) is 8.78 Å². The Hall–Kier alpha value is -3.81. The maximum atomic E-state index is 13.7. The number of pyridine rings is 1. The topological polar surface area (TPSA) is 88.5 Å². The first kappa shape index (κ1) is 21.9. The lowest BCUT2D eigenvalue weighted by molar-refractivity contribution is -0.137. The van der Waals surface area contributed by atoms with Gasteiger partial charge in [0.2, 0.25) is 0 Å². The smallest absolute Gasteiger partial charge is 0.305 e. The molecule has 0 aliphatic carbocycles. The third-order valence-corrected chi connectivity index (χ3v) is 4.75. The summed E-state index contributed by atoms with van der Waals surface area (Å²) in [5.41, 5.74) is 1.86. The molecule has 1 unspecified atom stereocenters. The molecule has 1 amide bonds. The number of rotatable bonds is 7. The van der Waals surface area contributed by atoms with Crippen LogP contribution < -0.4 is 10.1 Å². The first-order valence-corrected chi connectivity index (χ1v) is 9.38. The van der Waals surface area contributed by atoms with Gasteiger partial charge in [0, 0.05) is 5.56 Å². The highest BCUT2D eigenvalue weighted by Crippen LogP contribution is 2.29. The van der Waals surface area contributed by atoms with E-state index in [2.05, 4.69) is 10.3 Å². The van der Waals surface area contributed by atoms with Crippen molar-refractivity contribution in [3.05, 3.63) is 83.1 Å². The Labute approximate surface area is 177 Å². The molecular weight excluding hydrogens is 406 g/mol. The van der Waals surface area contributed by atoms with Crippen molar-refractivity contribution in [1.82, 2.24) is 10.3 Å². The van der Waals surface area contributed by atoms with Crippen LogP contribution in [0.15, 0.2) is 54.6 Å². The minimum Gasteiger partial charge on any atom is -0.494 e. The zero-order valence-electron chi connectivity index (χ0n) is 16.9. The monoisotopic (exact) mass is 426 g/mol. The number of amides is 1. The molecule has 0 fully saturated rings. The molecule has 160 valence electrons. The lowest BCUT2D eigenvalue weighted by atomic mass is 9.98. The molecule has 0 aliphatic heterocycles. The number of carboxylic acid groups (broad SMARTS) is 1. The van der Waals surface area contributed by atoms with Crippen LogP contribution in [-0.4, -0.2) is 29.1 Å². The standard InChI is InChI=1S/C23H20F2N2O4/c1-13-5-3-4-6-15(13)19(12-21(28)29)27-23(30)18-9-10-20(31-2)22(26-18)14-7-8-16(24)17(25)11-14/h3-11,19H,12H2,1-2H3,(H,27,30)(H,28,29). The molecule has 0 saturated carbocycles. The van der Waals surface area contributed by atoms with Crippen LogP contribution in [0.2, 0.25) is 0 Å². The van der Waals surface area contributed by atoms with Crippen LogP contribution in [0.1, 0.15) is 34.1 Å². The number of carbonyl (C=O) groups excluding carboxylic acids is 1. The fraction of sp³-hybridized carbons (Fsp3) is 0.174. The molecule has 6 nitrogen and oxygen atoms in total. The number of methoxy groups -OCH3 is 1. The number of hydrogen-bond donors (Lipinski definition) is 2. The number of hydrogen-bond acceptors (Lipinski definition) is 4. The fourth-order valence-corrected chi connectivity index (χ4v) is 3.21. The second-order valence-corrected chi connectivity index (χ2v) is 6.86. The van der Waals surface area contributed by atoms with Crippen molar-refractivity contribution in [3.8, 4) is 17.0 Å². The van der Waals surface area contributed by atoms with Gasteiger partial charge >= 0.3 is 5.97 Å². The molecule has 1 aromatic heterocycles. The van der Waals surface area contributed by atoms with Crippen LogP contribution in [0.3, 0.4) is 0 Å². The number of aliphatic carboxylic acids is 1. The van der Waals surface area contributed by atoms with E-state index in [9.17, 15) is 23.5 Å².